The molecule has 0 atom stereocenters. The number of carbonyl (C=O) groups excluding carboxylic acids is 1. The highest BCUT2D eigenvalue weighted by Gasteiger charge is 2.32. The van der Waals surface area contributed by atoms with Gasteiger partial charge in [0.25, 0.3) is 10.0 Å². The maximum Gasteiger partial charge on any atom is 0.416 e. The van der Waals surface area contributed by atoms with Crippen molar-refractivity contribution in [3.63, 3.8) is 0 Å². The van der Waals surface area contributed by atoms with Gasteiger partial charge in [0.05, 0.1) is 22.0 Å². The van der Waals surface area contributed by atoms with E-state index in [0.29, 0.717) is 6.07 Å². The van der Waals surface area contributed by atoms with Gasteiger partial charge in [-0.25, -0.2) is 12.8 Å². The number of sulfonamides is 1. The van der Waals surface area contributed by atoms with Crippen LogP contribution in [0.2, 0.25) is 5.02 Å². The summed E-state index contributed by atoms with van der Waals surface area (Å²) in [6, 6.07) is 9.60. The highest BCUT2D eigenvalue weighted by Crippen LogP contribution is 2.34. The molecule has 1 heterocycles. The largest absolute Gasteiger partial charge is 0.416 e. The zero-order valence-electron chi connectivity index (χ0n) is 15.4. The van der Waals surface area contributed by atoms with E-state index in [-0.39, 0.29) is 20.6 Å². The van der Waals surface area contributed by atoms with E-state index < -0.39 is 40.0 Å². The van der Waals surface area contributed by atoms with Gasteiger partial charge >= 0.3 is 6.18 Å². The molecule has 0 aliphatic carbocycles. The number of alkyl halides is 3. The molecule has 1 aromatic heterocycles. The van der Waals surface area contributed by atoms with Crippen molar-refractivity contribution in [1.82, 2.24) is 0 Å². The molecule has 0 saturated heterocycles. The second-order valence-corrected chi connectivity index (χ2v) is 9.60. The molecular formula is C19H13ClF4N2O3S2. The number of nitrogens with zero attached hydrogens (tertiary/aromatic N) is 1. The van der Waals surface area contributed by atoms with Gasteiger partial charge < -0.3 is 5.32 Å². The first kappa shape index (κ1) is 23.0. The Morgan fingerprint density at radius 2 is 1.77 bits per heavy atom. The zero-order chi connectivity index (χ0) is 22.8. The third kappa shape index (κ3) is 5.35. The normalized spacial score (nSPS) is 11.9. The molecule has 0 spiro atoms. The topological polar surface area (TPSA) is 66.5 Å². The molecule has 1 amide bonds. The summed E-state index contributed by atoms with van der Waals surface area (Å²) in [4.78, 5) is 12.6. The Hall–Kier alpha value is -2.63. The van der Waals surface area contributed by atoms with Gasteiger partial charge in [-0.15, -0.1) is 11.3 Å². The van der Waals surface area contributed by atoms with E-state index in [1.165, 1.54) is 29.6 Å². The van der Waals surface area contributed by atoms with E-state index in [1.807, 2.05) is 0 Å². The Labute approximate surface area is 183 Å². The fraction of sp³-hybridized carbons (Fsp3) is 0.105. The van der Waals surface area contributed by atoms with Crippen molar-refractivity contribution in [3.05, 3.63) is 76.4 Å². The third-order valence-corrected chi connectivity index (χ3v) is 7.49. The van der Waals surface area contributed by atoms with E-state index in [9.17, 15) is 30.8 Å². The maximum atomic E-state index is 13.3. The third-order valence-electron chi connectivity index (χ3n) is 4.01. The van der Waals surface area contributed by atoms with E-state index in [2.05, 4.69) is 5.32 Å². The number of hydrogen-bond acceptors (Lipinski definition) is 4. The van der Waals surface area contributed by atoms with Crippen LogP contribution in [0.1, 0.15) is 5.56 Å². The van der Waals surface area contributed by atoms with Crippen LogP contribution in [-0.2, 0) is 21.0 Å². The molecule has 31 heavy (non-hydrogen) atoms. The first-order chi connectivity index (χ1) is 14.5. The molecule has 164 valence electrons. The predicted molar refractivity (Wildman–Crippen MR) is 110 cm³/mol. The fourth-order valence-corrected chi connectivity index (χ4v) is 5.25. The van der Waals surface area contributed by atoms with Crippen LogP contribution in [0.25, 0.3) is 0 Å². The lowest BCUT2D eigenvalue weighted by atomic mass is 10.2. The number of thiophene rings is 1. The lowest BCUT2D eigenvalue weighted by molar-refractivity contribution is -0.137. The molecule has 0 radical (unpaired) electrons. The summed E-state index contributed by atoms with van der Waals surface area (Å²) in [6.45, 7) is -0.779. The van der Waals surface area contributed by atoms with E-state index in [4.69, 9.17) is 11.6 Å². The molecule has 0 aliphatic heterocycles. The number of benzene rings is 2. The SMILES string of the molecule is O=C(CN(c1ccc(F)cc1)S(=O)(=O)c1cccs1)Nc1cc(C(F)(F)F)ccc1Cl. The van der Waals surface area contributed by atoms with Gasteiger partial charge in [0.2, 0.25) is 5.91 Å². The van der Waals surface area contributed by atoms with Crippen molar-refractivity contribution in [1.29, 1.82) is 0 Å². The Balaban J connectivity index is 1.92. The van der Waals surface area contributed by atoms with Crippen LogP contribution in [0.4, 0.5) is 28.9 Å². The number of anilines is 2. The summed E-state index contributed by atoms with van der Waals surface area (Å²) >= 11 is 6.79. The molecular weight excluding hydrogens is 480 g/mol. The lowest BCUT2D eigenvalue weighted by Gasteiger charge is -2.23. The molecule has 0 bridgehead atoms. The number of amides is 1. The van der Waals surface area contributed by atoms with Gasteiger partial charge in [-0.1, -0.05) is 17.7 Å². The number of rotatable bonds is 6. The average Bonchev–Trinajstić information content (AvgIpc) is 3.23. The number of nitrogens with one attached hydrogen (secondary N) is 1. The van der Waals surface area contributed by atoms with E-state index in [0.717, 1.165) is 39.9 Å². The smallest absolute Gasteiger partial charge is 0.323 e. The van der Waals surface area contributed by atoms with Gasteiger partial charge in [0.1, 0.15) is 16.6 Å². The molecule has 2 aromatic carbocycles. The number of halogens is 5. The number of hydrogen-bond donors (Lipinski definition) is 1. The van der Waals surface area contributed by atoms with Crippen molar-refractivity contribution >= 4 is 50.2 Å². The van der Waals surface area contributed by atoms with Gasteiger partial charge in [-0.05, 0) is 53.9 Å². The van der Waals surface area contributed by atoms with Crippen LogP contribution in [0.5, 0.6) is 0 Å². The Morgan fingerprint density at radius 1 is 1.10 bits per heavy atom. The van der Waals surface area contributed by atoms with Crippen LogP contribution in [-0.4, -0.2) is 20.9 Å². The molecule has 3 aromatic rings. The fourth-order valence-electron chi connectivity index (χ4n) is 2.56. The minimum Gasteiger partial charge on any atom is -0.323 e. The Kier molecular flexibility index (Phi) is 6.58. The predicted octanol–water partition coefficient (Wildman–Crippen LogP) is 5.39. The maximum absolute atomic E-state index is 13.3. The minimum atomic E-state index is -4.66. The first-order valence-electron chi connectivity index (χ1n) is 8.47. The van der Waals surface area contributed by atoms with Gasteiger partial charge in [-0.3, -0.25) is 9.10 Å². The van der Waals surface area contributed by atoms with Crippen LogP contribution in [0.15, 0.2) is 64.2 Å². The molecule has 0 aliphatic rings. The second kappa shape index (κ2) is 8.85. The van der Waals surface area contributed by atoms with E-state index >= 15 is 0 Å². The molecule has 5 nitrogen and oxygen atoms in total. The van der Waals surface area contributed by atoms with Crippen LogP contribution < -0.4 is 9.62 Å². The standard InChI is InChI=1S/C19H13ClF4N2O3S2/c20-15-8-3-12(19(22,23)24)10-16(15)25-17(27)11-26(14-6-4-13(21)5-7-14)31(28,29)18-2-1-9-30-18/h1-10H,11H2,(H,25,27). The van der Waals surface area contributed by atoms with Crippen molar-refractivity contribution in [2.45, 2.75) is 10.4 Å². The summed E-state index contributed by atoms with van der Waals surface area (Å²) < 4.78 is 78.8. The van der Waals surface area contributed by atoms with Crippen LogP contribution in [0, 0.1) is 5.82 Å². The summed E-state index contributed by atoms with van der Waals surface area (Å²) in [7, 11) is -4.20. The molecule has 3 rings (SSSR count). The first-order valence-corrected chi connectivity index (χ1v) is 11.2. The van der Waals surface area contributed by atoms with Crippen LogP contribution >= 0.6 is 22.9 Å². The highest BCUT2D eigenvalue weighted by molar-refractivity contribution is 7.94. The highest BCUT2D eigenvalue weighted by atomic mass is 35.5. The molecule has 0 unspecified atom stereocenters. The van der Waals surface area contributed by atoms with Gasteiger partial charge in [0.15, 0.2) is 0 Å². The van der Waals surface area contributed by atoms with Gasteiger partial charge in [0, 0.05) is 0 Å². The quantitative estimate of drug-likeness (QED) is 0.469. The van der Waals surface area contributed by atoms with Crippen molar-refractivity contribution < 1.29 is 30.8 Å². The van der Waals surface area contributed by atoms with Crippen molar-refractivity contribution in [2.24, 2.45) is 0 Å². The summed E-state index contributed by atoms with van der Waals surface area (Å²) in [6.07, 6.45) is -4.66. The average molecular weight is 493 g/mol. The summed E-state index contributed by atoms with van der Waals surface area (Å²) in [5.74, 6) is -1.55. The van der Waals surface area contributed by atoms with Crippen molar-refractivity contribution in [3.8, 4) is 0 Å². The second-order valence-electron chi connectivity index (χ2n) is 6.16. The monoisotopic (exact) mass is 492 g/mol. The minimum absolute atomic E-state index is 0.0000826. The lowest BCUT2D eigenvalue weighted by Crippen LogP contribution is -2.38. The van der Waals surface area contributed by atoms with Crippen molar-refractivity contribution in [2.75, 3.05) is 16.2 Å². The Morgan fingerprint density at radius 3 is 2.35 bits per heavy atom. The van der Waals surface area contributed by atoms with Gasteiger partial charge in [-0.2, -0.15) is 13.2 Å². The molecule has 12 heteroatoms. The number of carbonyl (C=O) groups is 1. The van der Waals surface area contributed by atoms with Crippen LogP contribution in [0.3, 0.4) is 0 Å². The van der Waals surface area contributed by atoms with E-state index in [1.54, 1.807) is 0 Å². The molecule has 1 N–H and O–H groups in total. The summed E-state index contributed by atoms with van der Waals surface area (Å²) in [5.41, 5.74) is -1.36. The Bertz CT molecular complexity index is 1180. The zero-order valence-corrected chi connectivity index (χ0v) is 17.7. The summed E-state index contributed by atoms with van der Waals surface area (Å²) in [5, 5.41) is 3.57. The molecule has 0 saturated carbocycles. The molecule has 0 fully saturated rings.